The topological polar surface area (TPSA) is 24.9 Å². The Bertz CT molecular complexity index is 256. The third-order valence-electron chi connectivity index (χ3n) is 2.74. The second-order valence-corrected chi connectivity index (χ2v) is 4.10. The second kappa shape index (κ2) is 5.11. The standard InChI is InChI=1S/C12H20N2/c1-9(2)12(13-4)10(3)11-7-5-6-8-14-11/h5-10,12-13H,1-4H3. The van der Waals surface area contributed by atoms with Crippen molar-refractivity contribution in [1.29, 1.82) is 0 Å². The summed E-state index contributed by atoms with van der Waals surface area (Å²) in [5.41, 5.74) is 1.17. The van der Waals surface area contributed by atoms with Crippen molar-refractivity contribution in [3.05, 3.63) is 30.1 Å². The van der Waals surface area contributed by atoms with Gasteiger partial charge in [-0.1, -0.05) is 26.8 Å². The van der Waals surface area contributed by atoms with Gasteiger partial charge in [0.15, 0.2) is 0 Å². The van der Waals surface area contributed by atoms with Crippen LogP contribution < -0.4 is 5.32 Å². The highest BCUT2D eigenvalue weighted by Gasteiger charge is 2.20. The summed E-state index contributed by atoms with van der Waals surface area (Å²) in [6.07, 6.45) is 1.86. The number of pyridine rings is 1. The molecule has 1 heterocycles. The number of nitrogens with zero attached hydrogens (tertiary/aromatic N) is 1. The van der Waals surface area contributed by atoms with Gasteiger partial charge in [-0.05, 0) is 25.1 Å². The summed E-state index contributed by atoms with van der Waals surface area (Å²) >= 11 is 0. The number of nitrogens with one attached hydrogen (secondary N) is 1. The fourth-order valence-electron chi connectivity index (χ4n) is 1.99. The van der Waals surface area contributed by atoms with Gasteiger partial charge in [-0.25, -0.2) is 0 Å². The van der Waals surface area contributed by atoms with Crippen LogP contribution >= 0.6 is 0 Å². The maximum Gasteiger partial charge on any atom is 0.0447 e. The van der Waals surface area contributed by atoms with Gasteiger partial charge in [0.1, 0.15) is 0 Å². The second-order valence-electron chi connectivity index (χ2n) is 4.10. The van der Waals surface area contributed by atoms with Crippen molar-refractivity contribution in [3.63, 3.8) is 0 Å². The van der Waals surface area contributed by atoms with Crippen molar-refractivity contribution in [2.75, 3.05) is 7.05 Å². The highest BCUT2D eigenvalue weighted by molar-refractivity contribution is 5.11. The molecule has 2 atom stereocenters. The molecule has 78 valence electrons. The summed E-state index contributed by atoms with van der Waals surface area (Å²) in [4.78, 5) is 4.39. The van der Waals surface area contributed by atoms with Crippen molar-refractivity contribution in [3.8, 4) is 0 Å². The van der Waals surface area contributed by atoms with E-state index in [4.69, 9.17) is 0 Å². The lowest BCUT2D eigenvalue weighted by Gasteiger charge is -2.26. The normalized spacial score (nSPS) is 15.5. The minimum Gasteiger partial charge on any atom is -0.316 e. The zero-order valence-electron chi connectivity index (χ0n) is 9.49. The fourth-order valence-corrected chi connectivity index (χ4v) is 1.99. The molecule has 1 aromatic heterocycles. The highest BCUT2D eigenvalue weighted by atomic mass is 14.9. The van der Waals surface area contributed by atoms with Gasteiger partial charge in [0.2, 0.25) is 0 Å². The summed E-state index contributed by atoms with van der Waals surface area (Å²) in [5.74, 6) is 1.08. The minimum absolute atomic E-state index is 0.459. The predicted octanol–water partition coefficient (Wildman–Crippen LogP) is 2.43. The molecule has 0 saturated heterocycles. The molecule has 0 fully saturated rings. The van der Waals surface area contributed by atoms with Crippen LogP contribution in [0.5, 0.6) is 0 Å². The Labute approximate surface area is 86.8 Å². The first-order valence-corrected chi connectivity index (χ1v) is 5.25. The van der Waals surface area contributed by atoms with E-state index < -0.39 is 0 Å². The molecule has 0 saturated carbocycles. The van der Waals surface area contributed by atoms with Crippen LogP contribution in [0.4, 0.5) is 0 Å². The largest absolute Gasteiger partial charge is 0.316 e. The highest BCUT2D eigenvalue weighted by Crippen LogP contribution is 2.21. The molecule has 2 unspecified atom stereocenters. The van der Waals surface area contributed by atoms with Crippen LogP contribution in [0.1, 0.15) is 32.4 Å². The van der Waals surface area contributed by atoms with Crippen LogP contribution in [-0.4, -0.2) is 18.1 Å². The van der Waals surface area contributed by atoms with E-state index in [1.165, 1.54) is 5.69 Å². The van der Waals surface area contributed by atoms with Crippen molar-refractivity contribution < 1.29 is 0 Å². The van der Waals surface area contributed by atoms with E-state index in [-0.39, 0.29) is 0 Å². The Balaban J connectivity index is 2.78. The molecular weight excluding hydrogens is 172 g/mol. The van der Waals surface area contributed by atoms with Crippen LogP contribution in [0.2, 0.25) is 0 Å². The zero-order valence-corrected chi connectivity index (χ0v) is 9.49. The van der Waals surface area contributed by atoms with Crippen molar-refractivity contribution >= 4 is 0 Å². The van der Waals surface area contributed by atoms with Gasteiger partial charge in [0, 0.05) is 23.9 Å². The molecule has 0 bridgehead atoms. The Hall–Kier alpha value is -0.890. The van der Waals surface area contributed by atoms with Crippen LogP contribution in [-0.2, 0) is 0 Å². The van der Waals surface area contributed by atoms with Gasteiger partial charge in [-0.15, -0.1) is 0 Å². The van der Waals surface area contributed by atoms with E-state index in [1.54, 1.807) is 0 Å². The van der Waals surface area contributed by atoms with E-state index in [1.807, 2.05) is 25.4 Å². The van der Waals surface area contributed by atoms with E-state index in [0.717, 1.165) is 0 Å². The molecule has 0 aliphatic rings. The van der Waals surface area contributed by atoms with Crippen LogP contribution in [0, 0.1) is 5.92 Å². The van der Waals surface area contributed by atoms with Gasteiger partial charge < -0.3 is 5.32 Å². The van der Waals surface area contributed by atoms with E-state index >= 15 is 0 Å². The van der Waals surface area contributed by atoms with Crippen LogP contribution in [0.25, 0.3) is 0 Å². The van der Waals surface area contributed by atoms with Crippen molar-refractivity contribution in [1.82, 2.24) is 10.3 Å². The molecule has 2 nitrogen and oxygen atoms in total. The average Bonchev–Trinajstić information content (AvgIpc) is 2.19. The Morgan fingerprint density at radius 2 is 1.93 bits per heavy atom. The van der Waals surface area contributed by atoms with Gasteiger partial charge >= 0.3 is 0 Å². The molecule has 1 aromatic rings. The molecule has 14 heavy (non-hydrogen) atoms. The lowest BCUT2D eigenvalue weighted by atomic mass is 9.89. The lowest BCUT2D eigenvalue weighted by Crippen LogP contribution is -2.35. The molecule has 0 aliphatic carbocycles. The van der Waals surface area contributed by atoms with Crippen LogP contribution in [0.15, 0.2) is 24.4 Å². The molecule has 1 N–H and O–H groups in total. The monoisotopic (exact) mass is 192 g/mol. The third kappa shape index (κ3) is 2.55. The SMILES string of the molecule is CNC(C(C)C)C(C)c1ccccn1. The third-order valence-corrected chi connectivity index (χ3v) is 2.74. The molecule has 0 radical (unpaired) electrons. The zero-order chi connectivity index (χ0) is 10.6. The molecule has 0 spiro atoms. The van der Waals surface area contributed by atoms with Crippen molar-refractivity contribution in [2.45, 2.75) is 32.7 Å². The molecule has 0 aromatic carbocycles. The van der Waals surface area contributed by atoms with E-state index in [2.05, 4.69) is 37.1 Å². The average molecular weight is 192 g/mol. The summed E-state index contributed by atoms with van der Waals surface area (Å²) in [6, 6.07) is 6.59. The number of likely N-dealkylation sites (N-methyl/N-ethyl adjacent to an activating group) is 1. The van der Waals surface area contributed by atoms with E-state index in [9.17, 15) is 0 Å². The number of hydrogen-bond donors (Lipinski definition) is 1. The van der Waals surface area contributed by atoms with E-state index in [0.29, 0.717) is 17.9 Å². The molecule has 0 aliphatic heterocycles. The van der Waals surface area contributed by atoms with Gasteiger partial charge in [0.05, 0.1) is 0 Å². The predicted molar refractivity (Wildman–Crippen MR) is 60.3 cm³/mol. The molecule has 2 heteroatoms. The number of hydrogen-bond acceptors (Lipinski definition) is 2. The van der Waals surface area contributed by atoms with Gasteiger partial charge in [0.25, 0.3) is 0 Å². The number of rotatable bonds is 4. The van der Waals surface area contributed by atoms with Gasteiger partial charge in [-0.3, -0.25) is 4.98 Å². The smallest absolute Gasteiger partial charge is 0.0447 e. The maximum absolute atomic E-state index is 4.39. The molecular formula is C12H20N2. The first-order valence-electron chi connectivity index (χ1n) is 5.25. The Morgan fingerprint density at radius 1 is 1.21 bits per heavy atom. The molecule has 1 rings (SSSR count). The minimum atomic E-state index is 0.459. The fraction of sp³-hybridized carbons (Fsp3) is 0.583. The van der Waals surface area contributed by atoms with Gasteiger partial charge in [-0.2, -0.15) is 0 Å². The Morgan fingerprint density at radius 3 is 2.36 bits per heavy atom. The lowest BCUT2D eigenvalue weighted by molar-refractivity contribution is 0.372. The van der Waals surface area contributed by atoms with Crippen LogP contribution in [0.3, 0.4) is 0 Å². The Kier molecular flexibility index (Phi) is 4.08. The number of aromatic nitrogens is 1. The summed E-state index contributed by atoms with van der Waals surface area (Å²) in [7, 11) is 2.02. The summed E-state index contributed by atoms with van der Waals surface area (Å²) in [5, 5.41) is 3.36. The van der Waals surface area contributed by atoms with Crippen molar-refractivity contribution in [2.24, 2.45) is 5.92 Å². The first-order chi connectivity index (χ1) is 6.66. The summed E-state index contributed by atoms with van der Waals surface area (Å²) < 4.78 is 0. The quantitative estimate of drug-likeness (QED) is 0.792. The first kappa shape index (κ1) is 11.2. The molecule has 0 amide bonds. The maximum atomic E-state index is 4.39. The summed E-state index contributed by atoms with van der Waals surface area (Å²) in [6.45, 7) is 6.70.